The molecule has 0 aromatic carbocycles. The summed E-state index contributed by atoms with van der Waals surface area (Å²) in [4.78, 5) is 27.6. The molecule has 2 fully saturated rings. The second kappa shape index (κ2) is 5.69. The highest BCUT2D eigenvalue weighted by atomic mass is 16.2. The molecule has 0 radical (unpaired) electrons. The minimum Gasteiger partial charge on any atom is -0.369 e. The zero-order chi connectivity index (χ0) is 13.1. The Morgan fingerprint density at radius 2 is 1.72 bits per heavy atom. The molecule has 2 rings (SSSR count). The predicted octanol–water partition coefficient (Wildman–Crippen LogP) is 0.0521. The molecule has 2 aliphatic rings. The van der Waals surface area contributed by atoms with E-state index in [4.69, 9.17) is 5.73 Å². The van der Waals surface area contributed by atoms with Crippen LogP contribution < -0.4 is 5.73 Å². The predicted molar refractivity (Wildman–Crippen MR) is 68.7 cm³/mol. The van der Waals surface area contributed by atoms with Crippen molar-refractivity contribution in [1.29, 1.82) is 0 Å². The van der Waals surface area contributed by atoms with Crippen LogP contribution in [-0.2, 0) is 9.59 Å². The molecule has 1 atom stereocenters. The maximum absolute atomic E-state index is 12.4. The van der Waals surface area contributed by atoms with Crippen LogP contribution in [-0.4, -0.2) is 54.8 Å². The molecular weight excluding hydrogens is 230 g/mol. The summed E-state index contributed by atoms with van der Waals surface area (Å²) in [6.45, 7) is 3.33. The second-order valence-corrected chi connectivity index (χ2v) is 5.60. The number of amides is 2. The van der Waals surface area contributed by atoms with Gasteiger partial charge in [0, 0.05) is 25.6 Å². The molecule has 5 heteroatoms. The third-order valence-corrected chi connectivity index (χ3v) is 4.18. The Morgan fingerprint density at radius 1 is 1.06 bits per heavy atom. The van der Waals surface area contributed by atoms with Gasteiger partial charge in [-0.15, -0.1) is 0 Å². The lowest BCUT2D eigenvalue weighted by atomic mass is 9.92. The molecule has 0 aliphatic carbocycles. The van der Waals surface area contributed by atoms with Crippen molar-refractivity contribution in [3.8, 4) is 0 Å². The van der Waals surface area contributed by atoms with E-state index in [2.05, 4.69) is 11.9 Å². The normalized spacial score (nSPS) is 27.2. The number of carbonyl (C=O) groups is 2. The molecule has 2 N–H and O–H groups in total. The Bertz CT molecular complexity index is 324. The minimum atomic E-state index is -0.223. The van der Waals surface area contributed by atoms with Crippen LogP contribution in [0.1, 0.15) is 25.7 Å². The van der Waals surface area contributed by atoms with Crippen molar-refractivity contribution in [2.24, 2.45) is 17.6 Å². The van der Waals surface area contributed by atoms with Crippen molar-refractivity contribution in [1.82, 2.24) is 9.80 Å². The second-order valence-electron chi connectivity index (χ2n) is 5.60. The molecule has 5 nitrogen and oxygen atoms in total. The van der Waals surface area contributed by atoms with Crippen molar-refractivity contribution < 1.29 is 9.59 Å². The summed E-state index contributed by atoms with van der Waals surface area (Å²) < 4.78 is 0. The topological polar surface area (TPSA) is 66.6 Å². The lowest BCUT2D eigenvalue weighted by Gasteiger charge is -2.36. The fraction of sp³-hybridized carbons (Fsp3) is 0.846. The number of hydrogen-bond acceptors (Lipinski definition) is 3. The van der Waals surface area contributed by atoms with Crippen LogP contribution in [0.5, 0.6) is 0 Å². The van der Waals surface area contributed by atoms with Crippen molar-refractivity contribution in [3.05, 3.63) is 0 Å². The van der Waals surface area contributed by atoms with E-state index < -0.39 is 0 Å². The summed E-state index contributed by atoms with van der Waals surface area (Å²) in [5.74, 6) is 0.154. The van der Waals surface area contributed by atoms with Crippen molar-refractivity contribution >= 4 is 11.8 Å². The highest BCUT2D eigenvalue weighted by Gasteiger charge is 2.31. The number of rotatable bonds is 2. The van der Waals surface area contributed by atoms with Gasteiger partial charge in [-0.05, 0) is 39.3 Å². The van der Waals surface area contributed by atoms with E-state index in [1.807, 2.05) is 4.90 Å². The molecule has 2 saturated heterocycles. The third kappa shape index (κ3) is 3.02. The lowest BCUT2D eigenvalue weighted by Crippen LogP contribution is -2.47. The van der Waals surface area contributed by atoms with Crippen LogP contribution in [0.15, 0.2) is 0 Å². The maximum Gasteiger partial charge on any atom is 0.226 e. The maximum atomic E-state index is 12.4. The Labute approximate surface area is 108 Å². The summed E-state index contributed by atoms with van der Waals surface area (Å²) in [6, 6.07) is 0. The number of hydrogen-bond donors (Lipinski definition) is 1. The summed E-state index contributed by atoms with van der Waals surface area (Å²) >= 11 is 0. The van der Waals surface area contributed by atoms with Gasteiger partial charge in [-0.3, -0.25) is 9.59 Å². The van der Waals surface area contributed by atoms with Crippen LogP contribution >= 0.6 is 0 Å². The first-order valence-corrected chi connectivity index (χ1v) is 6.84. The molecule has 2 amide bonds. The van der Waals surface area contributed by atoms with Gasteiger partial charge in [0.2, 0.25) is 11.8 Å². The summed E-state index contributed by atoms with van der Waals surface area (Å²) in [7, 11) is 2.07. The van der Waals surface area contributed by atoms with E-state index in [-0.39, 0.29) is 23.7 Å². The van der Waals surface area contributed by atoms with Gasteiger partial charge in [-0.25, -0.2) is 0 Å². The molecule has 2 heterocycles. The van der Waals surface area contributed by atoms with E-state index in [0.717, 1.165) is 38.8 Å². The summed E-state index contributed by atoms with van der Waals surface area (Å²) in [5.41, 5.74) is 5.30. The SMILES string of the molecule is CN1CCC[C@H](C(=O)N2CCC(C(N)=O)CC2)C1. The van der Waals surface area contributed by atoms with E-state index in [1.165, 1.54) is 0 Å². The molecular formula is C13H23N3O2. The largest absolute Gasteiger partial charge is 0.369 e. The van der Waals surface area contributed by atoms with Gasteiger partial charge in [-0.1, -0.05) is 0 Å². The van der Waals surface area contributed by atoms with Crippen LogP contribution in [0.25, 0.3) is 0 Å². The first-order chi connectivity index (χ1) is 8.58. The van der Waals surface area contributed by atoms with Crippen molar-refractivity contribution in [2.75, 3.05) is 33.2 Å². The zero-order valence-corrected chi connectivity index (χ0v) is 11.1. The van der Waals surface area contributed by atoms with E-state index >= 15 is 0 Å². The molecule has 18 heavy (non-hydrogen) atoms. The molecule has 0 aromatic rings. The number of piperidine rings is 2. The van der Waals surface area contributed by atoms with Crippen LogP contribution in [0.3, 0.4) is 0 Å². The van der Waals surface area contributed by atoms with Gasteiger partial charge in [0.05, 0.1) is 5.92 Å². The van der Waals surface area contributed by atoms with E-state index in [1.54, 1.807) is 0 Å². The number of likely N-dealkylation sites (tertiary alicyclic amines) is 2. The average molecular weight is 253 g/mol. The third-order valence-electron chi connectivity index (χ3n) is 4.18. The molecule has 0 aromatic heterocycles. The van der Waals surface area contributed by atoms with Gasteiger partial charge in [0.25, 0.3) is 0 Å². The van der Waals surface area contributed by atoms with Crippen LogP contribution in [0.4, 0.5) is 0 Å². The van der Waals surface area contributed by atoms with Gasteiger partial charge in [0.15, 0.2) is 0 Å². The first kappa shape index (κ1) is 13.3. The fourth-order valence-corrected chi connectivity index (χ4v) is 3.01. The molecule has 102 valence electrons. The quantitative estimate of drug-likeness (QED) is 0.756. The monoisotopic (exact) mass is 253 g/mol. The number of nitrogens with zero attached hydrogens (tertiary/aromatic N) is 2. The zero-order valence-electron chi connectivity index (χ0n) is 11.1. The highest BCUT2D eigenvalue weighted by molar-refractivity contribution is 5.80. The number of primary amides is 1. The molecule has 0 saturated carbocycles. The van der Waals surface area contributed by atoms with Gasteiger partial charge >= 0.3 is 0 Å². The van der Waals surface area contributed by atoms with Gasteiger partial charge in [-0.2, -0.15) is 0 Å². The van der Waals surface area contributed by atoms with Crippen molar-refractivity contribution in [3.63, 3.8) is 0 Å². The van der Waals surface area contributed by atoms with E-state index in [0.29, 0.717) is 13.1 Å². The average Bonchev–Trinajstić information content (AvgIpc) is 2.38. The molecule has 2 aliphatic heterocycles. The fourth-order valence-electron chi connectivity index (χ4n) is 3.01. The standard InChI is InChI=1S/C13H23N3O2/c1-15-6-2-3-11(9-15)13(18)16-7-4-10(5-8-16)12(14)17/h10-11H,2-9H2,1H3,(H2,14,17)/t11-/m0/s1. The minimum absolute atomic E-state index is 0.0388. The van der Waals surface area contributed by atoms with Crippen LogP contribution in [0.2, 0.25) is 0 Å². The highest BCUT2D eigenvalue weighted by Crippen LogP contribution is 2.22. The van der Waals surface area contributed by atoms with E-state index in [9.17, 15) is 9.59 Å². The Kier molecular flexibility index (Phi) is 4.22. The van der Waals surface area contributed by atoms with Crippen LogP contribution in [0, 0.1) is 11.8 Å². The van der Waals surface area contributed by atoms with Crippen molar-refractivity contribution in [2.45, 2.75) is 25.7 Å². The van der Waals surface area contributed by atoms with Gasteiger partial charge < -0.3 is 15.5 Å². The first-order valence-electron chi connectivity index (χ1n) is 6.84. The Hall–Kier alpha value is -1.10. The van der Waals surface area contributed by atoms with Gasteiger partial charge in [0.1, 0.15) is 0 Å². The summed E-state index contributed by atoms with van der Waals surface area (Å²) in [5, 5.41) is 0. The summed E-state index contributed by atoms with van der Waals surface area (Å²) in [6.07, 6.45) is 3.55. The lowest BCUT2D eigenvalue weighted by molar-refractivity contribution is -0.140. The molecule has 0 unspecified atom stereocenters. The molecule has 0 bridgehead atoms. The molecule has 0 spiro atoms. The Morgan fingerprint density at radius 3 is 2.28 bits per heavy atom. The Balaban J connectivity index is 1.85. The number of carbonyl (C=O) groups excluding carboxylic acids is 2. The number of nitrogens with two attached hydrogens (primary N) is 1. The smallest absolute Gasteiger partial charge is 0.226 e.